The Morgan fingerprint density at radius 1 is 1.29 bits per heavy atom. The normalized spacial score (nSPS) is 32.3. The molecule has 8 heteroatoms. The molecule has 0 aromatic rings. The third kappa shape index (κ3) is 4.46. The molecule has 6 atom stereocenters. The molecule has 0 aromatic carbocycles. The molecule has 8 nitrogen and oxygen atoms in total. The van der Waals surface area contributed by atoms with Crippen LogP contribution in [0, 0.1) is 11.8 Å². The number of hydrogen-bond acceptors (Lipinski definition) is 6. The van der Waals surface area contributed by atoms with Crippen LogP contribution in [0.4, 0.5) is 0 Å². The van der Waals surface area contributed by atoms with E-state index in [1.165, 1.54) is 0 Å². The van der Waals surface area contributed by atoms with Gasteiger partial charge in [-0.25, -0.2) is 0 Å². The topological polar surface area (TPSA) is 105 Å². The van der Waals surface area contributed by atoms with E-state index >= 15 is 0 Å². The molecule has 0 radical (unpaired) electrons. The van der Waals surface area contributed by atoms with Crippen molar-refractivity contribution in [2.75, 3.05) is 19.8 Å². The van der Waals surface area contributed by atoms with Gasteiger partial charge >= 0.3 is 5.97 Å². The number of aliphatic hydroxyl groups is 1. The standard InChI is InChI=1S/C23H38N2O6/c1-4-10-15(3)24-20(27)19-23-12-11-16(31-23)17(22(29)30-5-2)18(23)21(28)25(19)13-8-6-7-9-14-26/h15-19,26H,4-14H2,1-3H3,(H,24,27)/t15?,16-,17+,18+,19-,23+/m0/s1. The van der Waals surface area contributed by atoms with E-state index in [0.29, 0.717) is 19.4 Å². The minimum atomic E-state index is -0.944. The van der Waals surface area contributed by atoms with Crippen molar-refractivity contribution in [3.8, 4) is 0 Å². The van der Waals surface area contributed by atoms with Crippen molar-refractivity contribution < 1.29 is 29.0 Å². The maximum absolute atomic E-state index is 13.6. The molecule has 2 N–H and O–H groups in total. The first-order chi connectivity index (χ1) is 14.9. The molecule has 0 aliphatic carbocycles. The van der Waals surface area contributed by atoms with Crippen LogP contribution in [0.1, 0.15) is 72.1 Å². The Kier molecular flexibility index (Phi) is 7.97. The Morgan fingerprint density at radius 3 is 2.71 bits per heavy atom. The predicted octanol–water partition coefficient (Wildman–Crippen LogP) is 1.78. The number of ether oxygens (including phenoxy) is 2. The van der Waals surface area contributed by atoms with Crippen LogP contribution in [-0.4, -0.2) is 71.3 Å². The zero-order valence-electron chi connectivity index (χ0n) is 19.1. The van der Waals surface area contributed by atoms with Crippen LogP contribution < -0.4 is 5.32 Å². The molecule has 3 aliphatic heterocycles. The van der Waals surface area contributed by atoms with Crippen LogP contribution in [0.25, 0.3) is 0 Å². The number of nitrogens with zero attached hydrogens (tertiary/aromatic N) is 1. The van der Waals surface area contributed by atoms with Gasteiger partial charge in [0.2, 0.25) is 11.8 Å². The van der Waals surface area contributed by atoms with E-state index in [1.807, 2.05) is 6.92 Å². The van der Waals surface area contributed by atoms with Crippen LogP contribution in [0.3, 0.4) is 0 Å². The Labute approximate surface area is 185 Å². The van der Waals surface area contributed by atoms with Gasteiger partial charge in [-0.15, -0.1) is 0 Å². The summed E-state index contributed by atoms with van der Waals surface area (Å²) >= 11 is 0. The summed E-state index contributed by atoms with van der Waals surface area (Å²) in [7, 11) is 0. The average molecular weight is 439 g/mol. The highest BCUT2D eigenvalue weighted by atomic mass is 16.6. The number of esters is 1. The summed E-state index contributed by atoms with van der Waals surface area (Å²) < 4.78 is 11.6. The summed E-state index contributed by atoms with van der Waals surface area (Å²) in [4.78, 5) is 41.3. The summed E-state index contributed by atoms with van der Waals surface area (Å²) in [5, 5.41) is 12.1. The zero-order valence-corrected chi connectivity index (χ0v) is 19.1. The van der Waals surface area contributed by atoms with Crippen LogP contribution >= 0.6 is 0 Å². The first kappa shape index (κ1) is 24.0. The Morgan fingerprint density at radius 2 is 2.03 bits per heavy atom. The monoisotopic (exact) mass is 438 g/mol. The number of hydrogen-bond donors (Lipinski definition) is 2. The number of carbonyl (C=O) groups excluding carboxylic acids is 3. The lowest BCUT2D eigenvalue weighted by Gasteiger charge is -2.34. The van der Waals surface area contributed by atoms with Crippen LogP contribution in [0.2, 0.25) is 0 Å². The molecule has 3 fully saturated rings. The molecular formula is C23H38N2O6. The van der Waals surface area contributed by atoms with Gasteiger partial charge in [0.15, 0.2) is 0 Å². The highest BCUT2D eigenvalue weighted by Crippen LogP contribution is 2.58. The Hall–Kier alpha value is -1.67. The molecule has 2 amide bonds. The zero-order chi connectivity index (χ0) is 22.6. The largest absolute Gasteiger partial charge is 0.466 e. The molecule has 3 rings (SSSR count). The molecule has 31 heavy (non-hydrogen) atoms. The van der Waals surface area contributed by atoms with Gasteiger partial charge in [-0.1, -0.05) is 26.2 Å². The fourth-order valence-electron chi connectivity index (χ4n) is 5.77. The summed E-state index contributed by atoms with van der Waals surface area (Å²) in [5.41, 5.74) is -0.944. The van der Waals surface area contributed by atoms with E-state index in [0.717, 1.165) is 38.5 Å². The third-order valence-corrected chi connectivity index (χ3v) is 7.02. The molecule has 2 bridgehead atoms. The minimum Gasteiger partial charge on any atom is -0.466 e. The molecule has 1 unspecified atom stereocenters. The predicted molar refractivity (Wildman–Crippen MR) is 114 cm³/mol. The average Bonchev–Trinajstić information content (AvgIpc) is 3.35. The van der Waals surface area contributed by atoms with Gasteiger partial charge in [-0.2, -0.15) is 0 Å². The number of amides is 2. The fourth-order valence-corrected chi connectivity index (χ4v) is 5.77. The highest BCUT2D eigenvalue weighted by Gasteiger charge is 2.74. The SMILES string of the molecule is CCCC(C)NC(=O)[C@@H]1N(CCCCCCO)C(=O)[C@H]2[C@H](C(=O)OCC)[C@@H]3CC[C@]12O3. The van der Waals surface area contributed by atoms with Gasteiger partial charge in [0.25, 0.3) is 0 Å². The molecule has 176 valence electrons. The van der Waals surface area contributed by atoms with E-state index in [1.54, 1.807) is 11.8 Å². The molecule has 3 heterocycles. The molecule has 0 saturated carbocycles. The van der Waals surface area contributed by atoms with Gasteiger partial charge in [-0.05, 0) is 46.0 Å². The van der Waals surface area contributed by atoms with E-state index < -0.39 is 29.4 Å². The number of fused-ring (bicyclic) bond motifs is 1. The number of likely N-dealkylation sites (tertiary alicyclic amines) is 1. The molecule has 3 saturated heterocycles. The van der Waals surface area contributed by atoms with Gasteiger partial charge in [0.05, 0.1) is 24.5 Å². The van der Waals surface area contributed by atoms with E-state index in [4.69, 9.17) is 14.6 Å². The van der Waals surface area contributed by atoms with Crippen molar-refractivity contribution in [1.82, 2.24) is 10.2 Å². The van der Waals surface area contributed by atoms with Crippen molar-refractivity contribution >= 4 is 17.8 Å². The van der Waals surface area contributed by atoms with Gasteiger partial charge in [0.1, 0.15) is 11.6 Å². The van der Waals surface area contributed by atoms with Crippen molar-refractivity contribution in [3.63, 3.8) is 0 Å². The van der Waals surface area contributed by atoms with E-state index in [2.05, 4.69) is 12.2 Å². The summed E-state index contributed by atoms with van der Waals surface area (Å²) in [5.74, 6) is -2.03. The second-order valence-electron chi connectivity index (χ2n) is 9.18. The van der Waals surface area contributed by atoms with Crippen LogP contribution in [-0.2, 0) is 23.9 Å². The fraction of sp³-hybridized carbons (Fsp3) is 0.870. The van der Waals surface area contributed by atoms with Crippen LogP contribution in [0.5, 0.6) is 0 Å². The lowest BCUT2D eigenvalue weighted by atomic mass is 9.70. The third-order valence-electron chi connectivity index (χ3n) is 7.02. The van der Waals surface area contributed by atoms with Crippen molar-refractivity contribution in [2.45, 2.75) is 95.9 Å². The molecule has 3 aliphatic rings. The Bertz CT molecular complexity index is 670. The van der Waals surface area contributed by atoms with Gasteiger partial charge in [0, 0.05) is 19.2 Å². The van der Waals surface area contributed by atoms with Crippen molar-refractivity contribution in [2.24, 2.45) is 11.8 Å². The number of rotatable bonds is 12. The van der Waals surface area contributed by atoms with Gasteiger partial charge in [-0.3, -0.25) is 14.4 Å². The van der Waals surface area contributed by atoms with Gasteiger partial charge < -0.3 is 24.8 Å². The summed E-state index contributed by atoms with van der Waals surface area (Å²) in [6, 6.07) is -0.708. The molecule has 0 aromatic heterocycles. The minimum absolute atomic E-state index is 0.00825. The lowest BCUT2D eigenvalue weighted by molar-refractivity contribution is -0.154. The lowest BCUT2D eigenvalue weighted by Crippen LogP contribution is -2.56. The maximum Gasteiger partial charge on any atom is 0.312 e. The van der Waals surface area contributed by atoms with Crippen LogP contribution in [0.15, 0.2) is 0 Å². The number of carbonyl (C=O) groups is 3. The number of unbranched alkanes of at least 4 members (excludes halogenated alkanes) is 3. The quantitative estimate of drug-likeness (QED) is 0.355. The summed E-state index contributed by atoms with van der Waals surface area (Å²) in [6.45, 7) is 6.66. The number of nitrogens with one attached hydrogen (secondary N) is 1. The first-order valence-corrected chi connectivity index (χ1v) is 12.0. The molecule has 1 spiro atoms. The smallest absolute Gasteiger partial charge is 0.312 e. The second-order valence-corrected chi connectivity index (χ2v) is 9.18. The second kappa shape index (κ2) is 10.3. The summed E-state index contributed by atoms with van der Waals surface area (Å²) in [6.07, 6.45) is 5.94. The highest BCUT2D eigenvalue weighted by molar-refractivity contribution is 5.98. The van der Waals surface area contributed by atoms with Crippen molar-refractivity contribution in [3.05, 3.63) is 0 Å². The molecular weight excluding hydrogens is 400 g/mol. The number of aliphatic hydroxyl groups excluding tert-OH is 1. The van der Waals surface area contributed by atoms with E-state index in [-0.39, 0.29) is 37.2 Å². The van der Waals surface area contributed by atoms with E-state index in [9.17, 15) is 14.4 Å². The maximum atomic E-state index is 13.6. The first-order valence-electron chi connectivity index (χ1n) is 12.0. The van der Waals surface area contributed by atoms with Crippen molar-refractivity contribution in [1.29, 1.82) is 0 Å². The Balaban J connectivity index is 1.84.